The van der Waals surface area contributed by atoms with Crippen LogP contribution in [-0.2, 0) is 6.54 Å². The van der Waals surface area contributed by atoms with Crippen molar-refractivity contribution in [2.24, 2.45) is 0 Å². The van der Waals surface area contributed by atoms with Crippen molar-refractivity contribution in [1.82, 2.24) is 29.8 Å². The molecule has 1 aromatic carbocycles. The summed E-state index contributed by atoms with van der Waals surface area (Å²) in [6, 6.07) is 18.1. The van der Waals surface area contributed by atoms with E-state index in [1.807, 2.05) is 54.7 Å². The lowest BCUT2D eigenvalue weighted by molar-refractivity contribution is 0.0910. The standard InChI is InChI=1S/C24H24N6O/c31-24(28-19-10-14-29(15-11-19)17-20-8-4-5-12-25-20)21-16-27-30-22(9-13-26-23(21)30)18-6-2-1-3-7-18/h1-9,12-13,16,19H,10-11,14-15,17H2,(H,28,31). The van der Waals surface area contributed by atoms with E-state index in [1.165, 1.54) is 0 Å². The summed E-state index contributed by atoms with van der Waals surface area (Å²) in [6.07, 6.45) is 7.00. The van der Waals surface area contributed by atoms with E-state index in [4.69, 9.17) is 0 Å². The lowest BCUT2D eigenvalue weighted by Gasteiger charge is -2.32. The van der Waals surface area contributed by atoms with Crippen LogP contribution in [0, 0.1) is 0 Å². The van der Waals surface area contributed by atoms with E-state index in [-0.39, 0.29) is 11.9 Å². The lowest BCUT2D eigenvalue weighted by Crippen LogP contribution is -2.44. The van der Waals surface area contributed by atoms with Gasteiger partial charge >= 0.3 is 0 Å². The first kappa shape index (κ1) is 19.4. The normalized spacial score (nSPS) is 15.2. The number of aromatic nitrogens is 4. The molecule has 4 heterocycles. The van der Waals surface area contributed by atoms with Crippen molar-refractivity contribution in [3.8, 4) is 11.3 Å². The second-order valence-corrected chi connectivity index (χ2v) is 7.83. The molecule has 7 heteroatoms. The van der Waals surface area contributed by atoms with Gasteiger partial charge in [0.1, 0.15) is 5.56 Å². The Morgan fingerprint density at radius 1 is 0.968 bits per heavy atom. The summed E-state index contributed by atoms with van der Waals surface area (Å²) in [5, 5.41) is 7.63. The molecule has 3 aromatic heterocycles. The predicted octanol–water partition coefficient (Wildman–Crippen LogP) is 3.19. The molecule has 0 unspecified atom stereocenters. The zero-order chi connectivity index (χ0) is 21.0. The molecule has 4 aromatic rings. The number of nitrogens with zero attached hydrogens (tertiary/aromatic N) is 5. The second kappa shape index (κ2) is 8.65. The molecule has 1 N–H and O–H groups in total. The quantitative estimate of drug-likeness (QED) is 0.545. The minimum absolute atomic E-state index is 0.115. The molecular formula is C24H24N6O. The van der Waals surface area contributed by atoms with E-state index in [0.717, 1.165) is 49.4 Å². The first-order chi connectivity index (χ1) is 15.3. The van der Waals surface area contributed by atoms with Gasteiger partial charge in [-0.3, -0.25) is 14.7 Å². The van der Waals surface area contributed by atoms with E-state index >= 15 is 0 Å². The van der Waals surface area contributed by atoms with Gasteiger partial charge in [0.05, 0.1) is 17.6 Å². The lowest BCUT2D eigenvalue weighted by atomic mass is 10.0. The van der Waals surface area contributed by atoms with E-state index in [0.29, 0.717) is 11.2 Å². The highest BCUT2D eigenvalue weighted by Gasteiger charge is 2.23. The number of hydrogen-bond donors (Lipinski definition) is 1. The average molecular weight is 412 g/mol. The number of piperidine rings is 1. The van der Waals surface area contributed by atoms with Gasteiger partial charge in [0.2, 0.25) is 0 Å². The fraction of sp³-hybridized carbons (Fsp3) is 0.250. The number of carbonyl (C=O) groups is 1. The van der Waals surface area contributed by atoms with Crippen LogP contribution in [0.3, 0.4) is 0 Å². The van der Waals surface area contributed by atoms with Crippen molar-refractivity contribution in [2.45, 2.75) is 25.4 Å². The number of rotatable bonds is 5. The van der Waals surface area contributed by atoms with Crippen LogP contribution in [0.4, 0.5) is 0 Å². The summed E-state index contributed by atoms with van der Waals surface area (Å²) in [6.45, 7) is 2.72. The molecular weight excluding hydrogens is 388 g/mol. The molecule has 0 spiro atoms. The first-order valence-corrected chi connectivity index (χ1v) is 10.6. The zero-order valence-electron chi connectivity index (χ0n) is 17.2. The van der Waals surface area contributed by atoms with Crippen molar-refractivity contribution in [1.29, 1.82) is 0 Å². The fourth-order valence-corrected chi connectivity index (χ4v) is 4.10. The highest BCUT2D eigenvalue weighted by Crippen LogP contribution is 2.21. The topological polar surface area (TPSA) is 75.4 Å². The third-order valence-electron chi connectivity index (χ3n) is 5.75. The Kier molecular flexibility index (Phi) is 5.41. The summed E-state index contributed by atoms with van der Waals surface area (Å²) < 4.78 is 1.74. The van der Waals surface area contributed by atoms with Gasteiger partial charge in [-0.25, -0.2) is 9.50 Å². The molecule has 1 aliphatic rings. The minimum atomic E-state index is -0.115. The molecule has 0 aliphatic carbocycles. The molecule has 1 amide bonds. The second-order valence-electron chi connectivity index (χ2n) is 7.83. The van der Waals surface area contributed by atoms with Crippen LogP contribution < -0.4 is 5.32 Å². The van der Waals surface area contributed by atoms with Crippen molar-refractivity contribution in [3.63, 3.8) is 0 Å². The zero-order valence-corrected chi connectivity index (χ0v) is 17.2. The van der Waals surface area contributed by atoms with Gasteiger partial charge in [-0.2, -0.15) is 5.10 Å². The third kappa shape index (κ3) is 4.18. The Morgan fingerprint density at radius 3 is 2.55 bits per heavy atom. The molecule has 1 aliphatic heterocycles. The molecule has 0 bridgehead atoms. The van der Waals surface area contributed by atoms with E-state index in [2.05, 4.69) is 31.3 Å². The minimum Gasteiger partial charge on any atom is -0.349 e. The van der Waals surface area contributed by atoms with Gasteiger partial charge in [-0.05, 0) is 31.0 Å². The summed E-state index contributed by atoms with van der Waals surface area (Å²) in [7, 11) is 0. The summed E-state index contributed by atoms with van der Waals surface area (Å²) >= 11 is 0. The summed E-state index contributed by atoms with van der Waals surface area (Å²) in [4.78, 5) is 24.2. The van der Waals surface area contributed by atoms with Gasteiger partial charge < -0.3 is 5.32 Å². The van der Waals surface area contributed by atoms with Crippen LogP contribution in [0.2, 0.25) is 0 Å². The van der Waals surface area contributed by atoms with Crippen LogP contribution in [0.5, 0.6) is 0 Å². The third-order valence-corrected chi connectivity index (χ3v) is 5.75. The number of fused-ring (bicyclic) bond motifs is 1. The van der Waals surface area contributed by atoms with Crippen LogP contribution in [0.15, 0.2) is 73.2 Å². The molecule has 0 saturated carbocycles. The maximum absolute atomic E-state index is 13.0. The molecule has 31 heavy (non-hydrogen) atoms. The molecule has 1 saturated heterocycles. The Bertz CT molecular complexity index is 1170. The first-order valence-electron chi connectivity index (χ1n) is 10.6. The van der Waals surface area contributed by atoms with Crippen LogP contribution in [-0.4, -0.2) is 49.5 Å². The summed E-state index contributed by atoms with van der Waals surface area (Å²) in [5.41, 5.74) is 4.11. The van der Waals surface area contributed by atoms with Gasteiger partial charge in [0.15, 0.2) is 5.65 Å². The highest BCUT2D eigenvalue weighted by molar-refractivity contribution is 6.00. The fourth-order valence-electron chi connectivity index (χ4n) is 4.10. The van der Waals surface area contributed by atoms with Crippen molar-refractivity contribution < 1.29 is 4.79 Å². The van der Waals surface area contributed by atoms with Crippen LogP contribution in [0.1, 0.15) is 28.9 Å². The predicted molar refractivity (Wildman–Crippen MR) is 118 cm³/mol. The van der Waals surface area contributed by atoms with Crippen molar-refractivity contribution in [2.75, 3.05) is 13.1 Å². The van der Waals surface area contributed by atoms with E-state index in [1.54, 1.807) is 16.9 Å². The van der Waals surface area contributed by atoms with Gasteiger partial charge in [0, 0.05) is 43.6 Å². The van der Waals surface area contributed by atoms with E-state index < -0.39 is 0 Å². The molecule has 5 rings (SSSR count). The van der Waals surface area contributed by atoms with Gasteiger partial charge in [0.25, 0.3) is 5.91 Å². The number of likely N-dealkylation sites (tertiary alicyclic amines) is 1. The Hall–Kier alpha value is -3.58. The molecule has 7 nitrogen and oxygen atoms in total. The Labute approximate surface area is 180 Å². The Balaban J connectivity index is 1.25. The molecule has 0 radical (unpaired) electrons. The highest BCUT2D eigenvalue weighted by atomic mass is 16.1. The summed E-state index contributed by atoms with van der Waals surface area (Å²) in [5.74, 6) is -0.115. The molecule has 1 fully saturated rings. The van der Waals surface area contributed by atoms with Crippen LogP contribution in [0.25, 0.3) is 16.9 Å². The monoisotopic (exact) mass is 412 g/mol. The number of benzene rings is 1. The van der Waals surface area contributed by atoms with E-state index in [9.17, 15) is 4.79 Å². The largest absolute Gasteiger partial charge is 0.349 e. The molecule has 156 valence electrons. The smallest absolute Gasteiger partial charge is 0.256 e. The number of nitrogens with one attached hydrogen (secondary N) is 1. The number of carbonyl (C=O) groups excluding carboxylic acids is 1. The number of amides is 1. The van der Waals surface area contributed by atoms with Gasteiger partial charge in [-0.1, -0.05) is 36.4 Å². The van der Waals surface area contributed by atoms with Crippen molar-refractivity contribution in [3.05, 3.63) is 84.4 Å². The number of pyridine rings is 1. The maximum atomic E-state index is 13.0. The SMILES string of the molecule is O=C(NC1CCN(Cc2ccccn2)CC1)c1cnn2c(-c3ccccc3)ccnc12. The number of hydrogen-bond acceptors (Lipinski definition) is 5. The average Bonchev–Trinajstić information content (AvgIpc) is 3.26. The molecule has 0 atom stereocenters. The van der Waals surface area contributed by atoms with Gasteiger partial charge in [-0.15, -0.1) is 0 Å². The maximum Gasteiger partial charge on any atom is 0.256 e. The van der Waals surface area contributed by atoms with Crippen LogP contribution >= 0.6 is 0 Å². The van der Waals surface area contributed by atoms with Crippen molar-refractivity contribution >= 4 is 11.6 Å². The Morgan fingerprint density at radius 2 is 1.77 bits per heavy atom.